The molecule has 1 aliphatic heterocycles. The van der Waals surface area contributed by atoms with E-state index in [-0.39, 0.29) is 45.8 Å². The molecule has 1 unspecified atom stereocenters. The quantitative estimate of drug-likeness (QED) is 0.0757. The van der Waals surface area contributed by atoms with Crippen LogP contribution < -0.4 is 14.8 Å². The molecular weight excluding hydrogens is 637 g/mol. The Hall–Kier alpha value is -3.27. The average molecular weight is 679 g/mol. The molecule has 1 saturated heterocycles. The van der Waals surface area contributed by atoms with Crippen molar-refractivity contribution in [2.24, 2.45) is 0 Å². The molecule has 1 N–H and O–H groups in total. The Morgan fingerprint density at radius 1 is 1.22 bits per heavy atom. The van der Waals surface area contributed by atoms with Crippen LogP contribution >= 0.6 is 21.6 Å². The van der Waals surface area contributed by atoms with Crippen molar-refractivity contribution >= 4 is 53.3 Å². The number of benzene rings is 1. The molecular formula is C30H42N4O8S2Si. The largest absolute Gasteiger partial charge is 0.493 e. The number of methoxy groups -OCH3 is 2. The van der Waals surface area contributed by atoms with Gasteiger partial charge in [-0.3, -0.25) is 20.2 Å². The van der Waals surface area contributed by atoms with Gasteiger partial charge in [-0.1, -0.05) is 43.7 Å². The number of amides is 2. The number of rotatable bonds is 13. The summed E-state index contributed by atoms with van der Waals surface area (Å²) in [6, 6.07) is 5.83. The van der Waals surface area contributed by atoms with Crippen molar-refractivity contribution in [3.8, 4) is 11.5 Å². The first-order valence-corrected chi connectivity index (χ1v) is 19.4. The standard InChI is InChI=1S/C30H42N4O8S2Si/c1-19-12-22(18-42-45(8,9)30(3,4)5)33(16-19)28(35)23-13-25(39-6)26(40-7)14-24(23)32-29(36)41-17-20(2)43-44-27-11-10-21(15-31-27)34(37)38/h10-11,13-15,20,22H,1,12,16-18H2,2-9H3,(H,32,36)/t20?,22-/m0/s1. The lowest BCUT2D eigenvalue weighted by Crippen LogP contribution is -2.46. The van der Waals surface area contributed by atoms with Crippen LogP contribution in [0, 0.1) is 10.1 Å². The summed E-state index contributed by atoms with van der Waals surface area (Å²) in [5, 5.41) is 14.0. The maximum atomic E-state index is 14.0. The summed E-state index contributed by atoms with van der Waals surface area (Å²) < 4.78 is 22.8. The van der Waals surface area contributed by atoms with Gasteiger partial charge in [-0.25, -0.2) is 9.78 Å². The number of aromatic nitrogens is 1. The molecule has 0 radical (unpaired) electrons. The number of anilines is 1. The lowest BCUT2D eigenvalue weighted by molar-refractivity contribution is -0.385. The van der Waals surface area contributed by atoms with Crippen molar-refractivity contribution in [2.75, 3.05) is 39.3 Å². The molecule has 1 aliphatic rings. The summed E-state index contributed by atoms with van der Waals surface area (Å²) in [5.41, 5.74) is 1.28. The number of nitrogens with one attached hydrogen (secondary N) is 1. The van der Waals surface area contributed by atoms with Crippen LogP contribution in [0.1, 0.15) is 44.5 Å². The Labute approximate surface area is 273 Å². The van der Waals surface area contributed by atoms with Gasteiger partial charge in [0.15, 0.2) is 19.8 Å². The van der Waals surface area contributed by atoms with Crippen molar-refractivity contribution in [3.63, 3.8) is 0 Å². The molecule has 15 heteroatoms. The van der Waals surface area contributed by atoms with Crippen LogP contribution in [0.15, 0.2) is 47.6 Å². The van der Waals surface area contributed by atoms with Gasteiger partial charge in [0.2, 0.25) is 0 Å². The molecule has 45 heavy (non-hydrogen) atoms. The Morgan fingerprint density at radius 3 is 2.47 bits per heavy atom. The molecule has 2 atom stereocenters. The monoisotopic (exact) mass is 678 g/mol. The van der Waals surface area contributed by atoms with E-state index in [1.165, 1.54) is 54.1 Å². The molecule has 2 amide bonds. The zero-order chi connectivity index (χ0) is 33.5. The Bertz CT molecular complexity index is 1400. The number of ether oxygens (including phenoxy) is 3. The molecule has 0 aliphatic carbocycles. The smallest absolute Gasteiger partial charge is 0.411 e. The summed E-state index contributed by atoms with van der Waals surface area (Å²) in [5.74, 6) is 0.377. The number of nitro groups is 1. The third-order valence-electron chi connectivity index (χ3n) is 7.73. The van der Waals surface area contributed by atoms with Crippen LogP contribution in [-0.4, -0.2) is 80.4 Å². The van der Waals surface area contributed by atoms with Crippen molar-refractivity contribution in [1.29, 1.82) is 0 Å². The van der Waals surface area contributed by atoms with E-state index in [4.69, 9.17) is 18.6 Å². The minimum atomic E-state index is -2.06. The summed E-state index contributed by atoms with van der Waals surface area (Å²) in [4.78, 5) is 43.1. The van der Waals surface area contributed by atoms with Crippen molar-refractivity contribution in [3.05, 3.63) is 58.3 Å². The molecule has 0 saturated carbocycles. The Balaban J connectivity index is 1.71. The summed E-state index contributed by atoms with van der Waals surface area (Å²) >= 11 is 0. The van der Waals surface area contributed by atoms with Gasteiger partial charge in [0.05, 0.1) is 43.0 Å². The van der Waals surface area contributed by atoms with Crippen LogP contribution in [0.2, 0.25) is 18.1 Å². The van der Waals surface area contributed by atoms with E-state index in [0.717, 1.165) is 5.57 Å². The van der Waals surface area contributed by atoms with E-state index >= 15 is 0 Å². The molecule has 1 fully saturated rings. The normalized spacial score (nSPS) is 15.9. The summed E-state index contributed by atoms with van der Waals surface area (Å²) in [7, 11) is 3.61. The zero-order valence-electron chi connectivity index (χ0n) is 27.0. The second-order valence-electron chi connectivity index (χ2n) is 12.2. The van der Waals surface area contributed by atoms with E-state index < -0.39 is 19.3 Å². The van der Waals surface area contributed by atoms with Gasteiger partial charge in [0, 0.05) is 23.9 Å². The van der Waals surface area contributed by atoms with Gasteiger partial charge in [0.1, 0.15) is 17.8 Å². The van der Waals surface area contributed by atoms with Crippen LogP contribution in [-0.2, 0) is 9.16 Å². The second kappa shape index (κ2) is 15.3. The predicted molar refractivity (Wildman–Crippen MR) is 180 cm³/mol. The lowest BCUT2D eigenvalue weighted by atomic mass is 10.1. The van der Waals surface area contributed by atoms with Gasteiger partial charge in [0.25, 0.3) is 11.6 Å². The molecule has 246 valence electrons. The predicted octanol–water partition coefficient (Wildman–Crippen LogP) is 7.18. The SMILES string of the molecule is C=C1C[C@@H](CO[Si](C)(C)C(C)(C)C)N(C(=O)c2cc(OC)c(OC)cc2NC(=O)OCC(C)SSc2ccc([N+](=O)[O-])cn2)C1. The minimum Gasteiger partial charge on any atom is -0.493 e. The number of carbonyl (C=O) groups is 2. The van der Waals surface area contributed by atoms with Gasteiger partial charge in [-0.05, 0) is 54.4 Å². The average Bonchev–Trinajstić information content (AvgIpc) is 3.37. The summed E-state index contributed by atoms with van der Waals surface area (Å²) in [6.07, 6.45) is 1.08. The van der Waals surface area contributed by atoms with Crippen LogP contribution in [0.25, 0.3) is 0 Å². The molecule has 2 aromatic rings. The fourth-order valence-electron chi connectivity index (χ4n) is 4.13. The highest BCUT2D eigenvalue weighted by Crippen LogP contribution is 2.39. The van der Waals surface area contributed by atoms with Gasteiger partial charge in [-0.2, -0.15) is 0 Å². The first-order chi connectivity index (χ1) is 21.1. The highest BCUT2D eigenvalue weighted by Gasteiger charge is 2.40. The third kappa shape index (κ3) is 9.61. The number of pyridine rings is 1. The van der Waals surface area contributed by atoms with Crippen LogP contribution in [0.3, 0.4) is 0 Å². The maximum Gasteiger partial charge on any atom is 0.411 e. The number of carbonyl (C=O) groups excluding carboxylic acids is 2. The van der Waals surface area contributed by atoms with E-state index in [1.54, 1.807) is 17.0 Å². The highest BCUT2D eigenvalue weighted by molar-refractivity contribution is 8.76. The molecule has 2 heterocycles. The van der Waals surface area contributed by atoms with Gasteiger partial charge in [-0.15, -0.1) is 0 Å². The fourth-order valence-corrected chi connectivity index (χ4v) is 7.03. The van der Waals surface area contributed by atoms with E-state index in [0.29, 0.717) is 36.1 Å². The first-order valence-electron chi connectivity index (χ1n) is 14.3. The number of likely N-dealkylation sites (tertiary alicyclic amines) is 1. The number of hydrogen-bond acceptors (Lipinski definition) is 11. The molecule has 1 aromatic heterocycles. The molecule has 12 nitrogen and oxygen atoms in total. The Morgan fingerprint density at radius 2 is 1.89 bits per heavy atom. The van der Waals surface area contributed by atoms with Gasteiger partial charge < -0.3 is 23.5 Å². The van der Waals surface area contributed by atoms with Crippen LogP contribution in [0.5, 0.6) is 11.5 Å². The van der Waals surface area contributed by atoms with E-state index in [9.17, 15) is 19.7 Å². The molecule has 3 rings (SSSR count). The third-order valence-corrected chi connectivity index (χ3v) is 15.0. The molecule has 1 aromatic carbocycles. The van der Waals surface area contributed by atoms with Crippen molar-refractivity contribution < 1.29 is 33.1 Å². The molecule has 0 bridgehead atoms. The summed E-state index contributed by atoms with van der Waals surface area (Å²) in [6.45, 7) is 17.7. The highest BCUT2D eigenvalue weighted by atomic mass is 33.1. The lowest BCUT2D eigenvalue weighted by Gasteiger charge is -2.38. The van der Waals surface area contributed by atoms with Gasteiger partial charge >= 0.3 is 6.09 Å². The second-order valence-corrected chi connectivity index (χ2v) is 19.7. The van der Waals surface area contributed by atoms with Crippen molar-refractivity contribution in [1.82, 2.24) is 9.88 Å². The zero-order valence-corrected chi connectivity index (χ0v) is 29.6. The first kappa shape index (κ1) is 36.2. The van der Waals surface area contributed by atoms with Crippen LogP contribution in [0.4, 0.5) is 16.2 Å². The maximum absolute atomic E-state index is 14.0. The fraction of sp³-hybridized carbons (Fsp3) is 0.500. The molecule has 0 spiro atoms. The van der Waals surface area contributed by atoms with Crippen molar-refractivity contribution in [2.45, 2.75) is 68.6 Å². The topological polar surface area (TPSA) is 142 Å². The number of nitrogens with zero attached hydrogens (tertiary/aromatic N) is 3. The van der Waals surface area contributed by atoms with E-state index in [2.05, 4.69) is 50.7 Å². The van der Waals surface area contributed by atoms with E-state index in [1.807, 2.05) is 6.92 Å². The Kier molecular flexibility index (Phi) is 12.3. The minimum absolute atomic E-state index is 0.0224. The number of hydrogen-bond donors (Lipinski definition) is 1.